The maximum atomic E-state index is 12.7. The first-order valence-electron chi connectivity index (χ1n) is 8.72. The Kier molecular flexibility index (Phi) is 5.27. The van der Waals surface area contributed by atoms with Gasteiger partial charge in [0, 0.05) is 23.7 Å². The number of rotatable bonds is 5. The molecule has 0 saturated carbocycles. The van der Waals surface area contributed by atoms with E-state index >= 15 is 0 Å². The normalized spacial score (nSPS) is 13.2. The number of hydrogen-bond acceptors (Lipinski definition) is 5. The van der Waals surface area contributed by atoms with E-state index in [1.165, 1.54) is 18.3 Å². The minimum absolute atomic E-state index is 0.0987. The van der Waals surface area contributed by atoms with Crippen LogP contribution < -0.4 is 5.32 Å². The molecule has 0 aromatic carbocycles. The molecule has 3 rings (SSSR count). The summed E-state index contributed by atoms with van der Waals surface area (Å²) in [4.78, 5) is 37.9. The van der Waals surface area contributed by atoms with Crippen molar-refractivity contribution in [2.45, 2.75) is 39.5 Å². The van der Waals surface area contributed by atoms with Gasteiger partial charge in [0.1, 0.15) is 10.7 Å². The highest BCUT2D eigenvalue weighted by Gasteiger charge is 2.28. The van der Waals surface area contributed by atoms with Gasteiger partial charge in [-0.1, -0.05) is 0 Å². The fourth-order valence-corrected chi connectivity index (χ4v) is 4.50. The second-order valence-corrected chi connectivity index (χ2v) is 7.48. The van der Waals surface area contributed by atoms with Gasteiger partial charge < -0.3 is 14.6 Å². The number of ketones is 1. The number of carbonyl (C=O) groups is 3. The lowest BCUT2D eigenvalue weighted by Crippen LogP contribution is -2.17. The number of hydrogen-bond donors (Lipinski definition) is 1. The van der Waals surface area contributed by atoms with Crippen molar-refractivity contribution in [1.29, 1.82) is 0 Å². The van der Waals surface area contributed by atoms with Crippen molar-refractivity contribution in [3.63, 3.8) is 0 Å². The van der Waals surface area contributed by atoms with Crippen molar-refractivity contribution in [2.75, 3.05) is 11.9 Å². The van der Waals surface area contributed by atoms with Crippen LogP contribution in [0.2, 0.25) is 0 Å². The van der Waals surface area contributed by atoms with Crippen molar-refractivity contribution in [3.8, 4) is 0 Å². The van der Waals surface area contributed by atoms with E-state index < -0.39 is 5.97 Å². The lowest BCUT2D eigenvalue weighted by Gasteiger charge is -2.12. The van der Waals surface area contributed by atoms with Gasteiger partial charge in [0.15, 0.2) is 5.78 Å². The number of aryl methyl sites for hydroxylation is 2. The molecule has 0 saturated heterocycles. The fourth-order valence-electron chi connectivity index (χ4n) is 3.22. The van der Waals surface area contributed by atoms with Crippen LogP contribution in [-0.2, 0) is 24.6 Å². The summed E-state index contributed by atoms with van der Waals surface area (Å²) in [5.41, 5.74) is 2.34. The molecule has 2 aromatic rings. The average Bonchev–Trinajstić information content (AvgIpc) is 3.15. The molecule has 26 heavy (non-hydrogen) atoms. The Bertz CT molecular complexity index is 878. The van der Waals surface area contributed by atoms with E-state index in [4.69, 9.17) is 4.74 Å². The molecule has 0 spiro atoms. The van der Waals surface area contributed by atoms with Crippen molar-refractivity contribution in [2.24, 2.45) is 7.05 Å². The first kappa shape index (κ1) is 18.4. The molecule has 0 unspecified atom stereocenters. The van der Waals surface area contributed by atoms with Gasteiger partial charge in [0.2, 0.25) is 0 Å². The Balaban J connectivity index is 1.94. The summed E-state index contributed by atoms with van der Waals surface area (Å²) in [5, 5.41) is 3.40. The third-order valence-electron chi connectivity index (χ3n) is 4.52. The van der Waals surface area contributed by atoms with E-state index in [1.54, 1.807) is 30.8 Å². The van der Waals surface area contributed by atoms with E-state index in [1.807, 2.05) is 0 Å². The van der Waals surface area contributed by atoms with E-state index in [0.717, 1.165) is 36.1 Å². The van der Waals surface area contributed by atoms with E-state index in [0.29, 0.717) is 21.8 Å². The fraction of sp³-hybridized carbons (Fsp3) is 0.421. The molecule has 1 N–H and O–H groups in total. The zero-order chi connectivity index (χ0) is 18.8. The maximum absolute atomic E-state index is 12.7. The molecular weight excluding hydrogens is 352 g/mol. The summed E-state index contributed by atoms with van der Waals surface area (Å²) < 4.78 is 6.82. The summed E-state index contributed by atoms with van der Waals surface area (Å²) in [6.45, 7) is 3.52. The highest BCUT2D eigenvalue weighted by Crippen LogP contribution is 2.38. The molecule has 7 heteroatoms. The lowest BCUT2D eigenvalue weighted by atomic mass is 9.95. The molecule has 0 fully saturated rings. The second-order valence-electron chi connectivity index (χ2n) is 6.37. The Morgan fingerprint density at radius 2 is 2.00 bits per heavy atom. The van der Waals surface area contributed by atoms with E-state index in [-0.39, 0.29) is 18.3 Å². The van der Waals surface area contributed by atoms with Crippen molar-refractivity contribution in [3.05, 3.63) is 39.5 Å². The monoisotopic (exact) mass is 374 g/mol. The summed E-state index contributed by atoms with van der Waals surface area (Å²) in [5.74, 6) is -0.832. The van der Waals surface area contributed by atoms with Crippen molar-refractivity contribution < 1.29 is 19.1 Å². The quantitative estimate of drug-likeness (QED) is 0.641. The molecule has 1 aliphatic rings. The molecule has 0 bridgehead atoms. The van der Waals surface area contributed by atoms with Crippen LogP contribution in [0.1, 0.15) is 68.3 Å². The third-order valence-corrected chi connectivity index (χ3v) is 5.73. The lowest BCUT2D eigenvalue weighted by molar-refractivity contribution is 0.0526. The van der Waals surface area contributed by atoms with Crippen LogP contribution in [0.25, 0.3) is 0 Å². The van der Waals surface area contributed by atoms with Gasteiger partial charge in [-0.25, -0.2) is 4.79 Å². The summed E-state index contributed by atoms with van der Waals surface area (Å²) >= 11 is 1.45. The number of aromatic nitrogens is 1. The van der Waals surface area contributed by atoms with Gasteiger partial charge in [-0.2, -0.15) is 0 Å². The number of amides is 1. The standard InChI is InChI=1S/C19H22N2O4S/c1-4-25-19(24)16-13-7-5-6-8-15(13)26-18(16)20-17(23)14-9-12(11(2)22)10-21(14)3/h9-10H,4-8H2,1-3H3,(H,20,23). The predicted molar refractivity (Wildman–Crippen MR) is 100 cm³/mol. The maximum Gasteiger partial charge on any atom is 0.341 e. The van der Waals surface area contributed by atoms with Gasteiger partial charge in [0.25, 0.3) is 5.91 Å². The van der Waals surface area contributed by atoms with Crippen LogP contribution in [-0.4, -0.2) is 28.8 Å². The summed E-state index contributed by atoms with van der Waals surface area (Å²) in [6, 6.07) is 1.56. The van der Waals surface area contributed by atoms with Crippen LogP contribution in [0.15, 0.2) is 12.3 Å². The molecule has 6 nitrogen and oxygen atoms in total. The highest BCUT2D eigenvalue weighted by atomic mass is 32.1. The third kappa shape index (κ3) is 3.44. The van der Waals surface area contributed by atoms with E-state index in [9.17, 15) is 14.4 Å². The highest BCUT2D eigenvalue weighted by molar-refractivity contribution is 7.17. The molecule has 2 aromatic heterocycles. The molecule has 0 atom stereocenters. The zero-order valence-corrected chi connectivity index (χ0v) is 16.0. The molecule has 2 heterocycles. The number of nitrogens with zero attached hydrogens (tertiary/aromatic N) is 1. The molecular formula is C19H22N2O4S. The SMILES string of the molecule is CCOC(=O)c1c(NC(=O)c2cc(C(C)=O)cn2C)sc2c1CCCC2. The zero-order valence-electron chi connectivity index (χ0n) is 15.2. The number of Topliss-reactive ketones (excluding diaryl/α,β-unsaturated/α-hetero) is 1. The number of nitrogens with one attached hydrogen (secondary N) is 1. The van der Waals surface area contributed by atoms with Gasteiger partial charge >= 0.3 is 5.97 Å². The predicted octanol–water partition coefficient (Wildman–Crippen LogP) is 3.60. The molecule has 0 radical (unpaired) electrons. The average molecular weight is 374 g/mol. The van der Waals surface area contributed by atoms with E-state index in [2.05, 4.69) is 5.32 Å². The molecule has 138 valence electrons. The number of anilines is 1. The molecule has 1 amide bonds. The van der Waals surface area contributed by atoms with Crippen LogP contribution >= 0.6 is 11.3 Å². The summed E-state index contributed by atoms with van der Waals surface area (Å²) in [7, 11) is 1.72. The Labute approximate surface area is 156 Å². The summed E-state index contributed by atoms with van der Waals surface area (Å²) in [6.07, 6.45) is 5.49. The van der Waals surface area contributed by atoms with Crippen molar-refractivity contribution in [1.82, 2.24) is 4.57 Å². The van der Waals surface area contributed by atoms with Crippen LogP contribution in [0.5, 0.6) is 0 Å². The largest absolute Gasteiger partial charge is 0.462 e. The van der Waals surface area contributed by atoms with Gasteiger partial charge in [-0.15, -0.1) is 11.3 Å². The Morgan fingerprint density at radius 3 is 2.65 bits per heavy atom. The number of carbonyl (C=O) groups excluding carboxylic acids is 3. The Morgan fingerprint density at radius 1 is 1.27 bits per heavy atom. The first-order valence-corrected chi connectivity index (χ1v) is 9.54. The van der Waals surface area contributed by atoms with Crippen LogP contribution in [0, 0.1) is 0 Å². The number of ether oxygens (including phenoxy) is 1. The molecule has 1 aliphatic carbocycles. The minimum atomic E-state index is -0.390. The number of fused-ring (bicyclic) bond motifs is 1. The van der Waals surface area contributed by atoms with Gasteiger partial charge in [-0.05, 0) is 51.2 Å². The smallest absolute Gasteiger partial charge is 0.341 e. The van der Waals surface area contributed by atoms with Crippen molar-refractivity contribution >= 4 is 34.0 Å². The van der Waals surface area contributed by atoms with Crippen LogP contribution in [0.3, 0.4) is 0 Å². The van der Waals surface area contributed by atoms with Gasteiger partial charge in [0.05, 0.1) is 12.2 Å². The molecule has 0 aliphatic heterocycles. The van der Waals surface area contributed by atoms with Gasteiger partial charge in [-0.3, -0.25) is 9.59 Å². The first-order chi connectivity index (χ1) is 12.4. The second kappa shape index (κ2) is 7.45. The number of esters is 1. The number of thiophene rings is 1. The minimum Gasteiger partial charge on any atom is -0.462 e. The Hall–Kier alpha value is -2.41. The van der Waals surface area contributed by atoms with Crippen LogP contribution in [0.4, 0.5) is 5.00 Å². The topological polar surface area (TPSA) is 77.4 Å².